The summed E-state index contributed by atoms with van der Waals surface area (Å²) in [5.41, 5.74) is 0.580. The molecular weight excluding hydrogens is 486 g/mol. The van der Waals surface area contributed by atoms with E-state index in [0.29, 0.717) is 44.4 Å². The molecule has 9 nitrogen and oxygen atoms in total. The molecule has 3 amide bonds. The van der Waals surface area contributed by atoms with Gasteiger partial charge in [0.1, 0.15) is 18.6 Å². The number of hydrogen-bond acceptors (Lipinski definition) is 7. The lowest BCUT2D eigenvalue weighted by Crippen LogP contribution is -2.53. The number of likely N-dealkylation sites (N-methyl/N-ethyl adjacent to an activating group) is 1. The van der Waals surface area contributed by atoms with Crippen LogP contribution in [-0.2, 0) is 14.4 Å². The number of imide groups is 1. The van der Waals surface area contributed by atoms with E-state index in [0.717, 1.165) is 11.2 Å². The number of aldehydes is 2. The van der Waals surface area contributed by atoms with Gasteiger partial charge in [0.05, 0.1) is 17.7 Å². The number of rotatable bonds is 9. The van der Waals surface area contributed by atoms with E-state index < -0.39 is 42.1 Å². The number of benzene rings is 1. The van der Waals surface area contributed by atoms with Crippen molar-refractivity contribution in [3.63, 3.8) is 0 Å². The lowest BCUT2D eigenvalue weighted by Gasteiger charge is -2.42. The van der Waals surface area contributed by atoms with Gasteiger partial charge in [0.15, 0.2) is 0 Å². The average molecular weight is 519 g/mol. The molecule has 11 heteroatoms. The maximum absolute atomic E-state index is 15.2. The van der Waals surface area contributed by atoms with Gasteiger partial charge in [0.25, 0.3) is 17.7 Å². The van der Waals surface area contributed by atoms with E-state index in [9.17, 15) is 24.0 Å². The highest BCUT2D eigenvalue weighted by molar-refractivity contribution is 6.23. The Hall–Kier alpha value is -3.21. The van der Waals surface area contributed by atoms with Gasteiger partial charge in [-0.15, -0.1) is 0 Å². The summed E-state index contributed by atoms with van der Waals surface area (Å²) >= 11 is 0. The predicted octanol–water partition coefficient (Wildman–Crippen LogP) is 1.75. The monoisotopic (exact) mass is 518 g/mol. The van der Waals surface area contributed by atoms with Gasteiger partial charge in [-0.25, -0.2) is 8.78 Å². The predicted molar refractivity (Wildman–Crippen MR) is 131 cm³/mol. The quantitative estimate of drug-likeness (QED) is 0.392. The van der Waals surface area contributed by atoms with Gasteiger partial charge in [-0.3, -0.25) is 19.3 Å². The summed E-state index contributed by atoms with van der Waals surface area (Å²) < 4.78 is 30.4. The lowest BCUT2D eigenvalue weighted by molar-refractivity contribution is -0.124. The van der Waals surface area contributed by atoms with Crippen molar-refractivity contribution in [3.05, 3.63) is 29.3 Å². The molecule has 37 heavy (non-hydrogen) atoms. The molecule has 0 bridgehead atoms. The van der Waals surface area contributed by atoms with Crippen molar-refractivity contribution in [3.8, 4) is 0 Å². The van der Waals surface area contributed by atoms with Gasteiger partial charge >= 0.3 is 0 Å². The fourth-order valence-electron chi connectivity index (χ4n) is 5.51. The molecule has 3 aliphatic heterocycles. The zero-order valence-electron chi connectivity index (χ0n) is 20.8. The van der Waals surface area contributed by atoms with E-state index in [-0.39, 0.29) is 42.9 Å². The van der Waals surface area contributed by atoms with E-state index in [2.05, 4.69) is 5.32 Å². The molecular formula is C26H32F2N4O5. The molecule has 4 rings (SSSR count). The number of carbonyl (C=O) groups is 5. The van der Waals surface area contributed by atoms with Crippen molar-refractivity contribution >= 4 is 36.0 Å². The largest absolute Gasteiger partial charge is 0.365 e. The second-order valence-electron chi connectivity index (χ2n) is 10.0. The van der Waals surface area contributed by atoms with Crippen molar-refractivity contribution in [2.45, 2.75) is 44.1 Å². The fourth-order valence-corrected chi connectivity index (χ4v) is 5.51. The summed E-state index contributed by atoms with van der Waals surface area (Å²) in [5.74, 6) is -5.63. The van der Waals surface area contributed by atoms with Crippen molar-refractivity contribution < 1.29 is 32.8 Å². The van der Waals surface area contributed by atoms with Crippen LogP contribution < -0.4 is 10.2 Å². The Kier molecular flexibility index (Phi) is 8.01. The third kappa shape index (κ3) is 5.41. The maximum Gasteiger partial charge on any atom is 0.269 e. The molecule has 1 aromatic carbocycles. The Balaban J connectivity index is 1.46. The Morgan fingerprint density at radius 2 is 1.81 bits per heavy atom. The van der Waals surface area contributed by atoms with Crippen LogP contribution in [0.4, 0.5) is 14.5 Å². The van der Waals surface area contributed by atoms with Crippen molar-refractivity contribution in [1.82, 2.24) is 15.1 Å². The summed E-state index contributed by atoms with van der Waals surface area (Å²) in [6.45, 7) is 1.42. The number of nitrogens with one attached hydrogen (secondary N) is 1. The highest BCUT2D eigenvalue weighted by Crippen LogP contribution is 2.38. The second-order valence-corrected chi connectivity index (χ2v) is 10.0. The molecule has 0 aromatic heterocycles. The highest BCUT2D eigenvalue weighted by atomic mass is 19.3. The first-order valence-corrected chi connectivity index (χ1v) is 12.7. The number of halogens is 2. The summed E-state index contributed by atoms with van der Waals surface area (Å²) in [6.07, 6.45) is 3.21. The molecule has 200 valence electrons. The molecule has 0 aliphatic carbocycles. The average Bonchev–Trinajstić information content (AvgIpc) is 3.14. The number of carbonyl (C=O) groups excluding carboxylic acids is 5. The van der Waals surface area contributed by atoms with Crippen LogP contribution in [-0.4, -0.2) is 91.8 Å². The van der Waals surface area contributed by atoms with Crippen LogP contribution in [0, 0.1) is 11.8 Å². The molecule has 2 unspecified atom stereocenters. The number of hydrogen-bond donors (Lipinski definition) is 1. The number of piperidine rings is 2. The Morgan fingerprint density at radius 1 is 1.11 bits per heavy atom. The summed E-state index contributed by atoms with van der Waals surface area (Å²) in [5, 5.41) is 2.42. The van der Waals surface area contributed by atoms with Crippen molar-refractivity contribution in [2.75, 3.05) is 44.7 Å². The first-order chi connectivity index (χ1) is 17.7. The smallest absolute Gasteiger partial charge is 0.269 e. The van der Waals surface area contributed by atoms with E-state index in [4.69, 9.17) is 0 Å². The van der Waals surface area contributed by atoms with Gasteiger partial charge in [0, 0.05) is 44.1 Å². The van der Waals surface area contributed by atoms with Gasteiger partial charge in [-0.1, -0.05) is 0 Å². The summed E-state index contributed by atoms with van der Waals surface area (Å²) in [7, 11) is 1.38. The normalized spacial score (nSPS) is 23.1. The SMILES string of the molecule is CNC(=O)C(CCC=O)N1C(=O)c2ccc(N3CCC(CN4CCC(C=O)CC4)C(F)(F)C3)cc2C1=O. The molecule has 0 radical (unpaired) electrons. The molecule has 0 spiro atoms. The Labute approximate surface area is 214 Å². The molecule has 3 aliphatic rings. The molecule has 3 heterocycles. The summed E-state index contributed by atoms with van der Waals surface area (Å²) in [4.78, 5) is 64.7. The van der Waals surface area contributed by atoms with E-state index >= 15 is 8.78 Å². The Bertz CT molecular complexity index is 1070. The number of amides is 3. The van der Waals surface area contributed by atoms with Gasteiger partial charge in [0.2, 0.25) is 5.91 Å². The Morgan fingerprint density at radius 3 is 2.43 bits per heavy atom. The minimum Gasteiger partial charge on any atom is -0.365 e. The van der Waals surface area contributed by atoms with Gasteiger partial charge in [-0.05, 0) is 57.0 Å². The first kappa shape index (κ1) is 26.8. The maximum atomic E-state index is 15.2. The number of fused-ring (bicyclic) bond motifs is 1. The zero-order chi connectivity index (χ0) is 26.7. The molecule has 1 N–H and O–H groups in total. The third-order valence-corrected chi connectivity index (χ3v) is 7.74. The van der Waals surface area contributed by atoms with Crippen LogP contribution >= 0.6 is 0 Å². The molecule has 2 saturated heterocycles. The van der Waals surface area contributed by atoms with Crippen LogP contribution in [0.15, 0.2) is 18.2 Å². The zero-order valence-corrected chi connectivity index (χ0v) is 20.8. The molecule has 2 fully saturated rings. The topological polar surface area (TPSA) is 107 Å². The first-order valence-electron chi connectivity index (χ1n) is 12.7. The summed E-state index contributed by atoms with van der Waals surface area (Å²) in [6, 6.07) is 3.29. The van der Waals surface area contributed by atoms with Gasteiger partial charge in [-0.2, -0.15) is 0 Å². The van der Waals surface area contributed by atoms with Gasteiger partial charge < -0.3 is 24.7 Å². The van der Waals surface area contributed by atoms with Crippen molar-refractivity contribution in [1.29, 1.82) is 0 Å². The van der Waals surface area contributed by atoms with Crippen LogP contribution in [0.5, 0.6) is 0 Å². The number of anilines is 1. The molecule has 2 atom stereocenters. The third-order valence-electron chi connectivity index (χ3n) is 7.74. The minimum absolute atomic E-state index is 0.00410. The van der Waals surface area contributed by atoms with Crippen LogP contribution in [0.2, 0.25) is 0 Å². The minimum atomic E-state index is -2.95. The van der Waals surface area contributed by atoms with Crippen LogP contribution in [0.25, 0.3) is 0 Å². The number of alkyl halides is 2. The molecule has 1 aromatic rings. The highest BCUT2D eigenvalue weighted by Gasteiger charge is 2.46. The molecule has 0 saturated carbocycles. The van der Waals surface area contributed by atoms with E-state index in [1.165, 1.54) is 24.1 Å². The number of likely N-dealkylation sites (tertiary alicyclic amines) is 1. The van der Waals surface area contributed by atoms with E-state index in [1.54, 1.807) is 6.07 Å². The fraction of sp³-hybridized carbons (Fsp3) is 0.577. The van der Waals surface area contributed by atoms with E-state index in [1.807, 2.05) is 4.90 Å². The van der Waals surface area contributed by atoms with Crippen LogP contribution in [0.1, 0.15) is 52.8 Å². The second kappa shape index (κ2) is 11.0. The number of nitrogens with zero attached hydrogens (tertiary/aromatic N) is 3. The standard InChI is InChI=1S/C26H32F2N4O5/c1-29-23(35)22(3-2-12-33)32-24(36)20-5-4-19(13-21(20)25(32)37)31-11-8-18(26(27,28)16-31)14-30-9-6-17(15-34)7-10-30/h4-5,12-13,15,17-18,22H,2-3,6-11,14,16H2,1H3,(H,29,35). The van der Waals surface area contributed by atoms with Crippen molar-refractivity contribution in [2.24, 2.45) is 11.8 Å². The lowest BCUT2D eigenvalue weighted by atomic mass is 9.90. The van der Waals surface area contributed by atoms with Crippen LogP contribution in [0.3, 0.4) is 0 Å².